The summed E-state index contributed by atoms with van der Waals surface area (Å²) in [4.78, 5) is 0. The van der Waals surface area contributed by atoms with Crippen molar-refractivity contribution in [2.45, 2.75) is 24.6 Å². The predicted molar refractivity (Wildman–Crippen MR) is 80.9 cm³/mol. The number of anilines is 1. The first-order valence-electron chi connectivity index (χ1n) is 6.85. The van der Waals surface area contributed by atoms with E-state index in [2.05, 4.69) is 0 Å². The second-order valence-corrected chi connectivity index (χ2v) is 10.1. The minimum atomic E-state index is -3.58. The number of rotatable bonds is 2. The van der Waals surface area contributed by atoms with Gasteiger partial charge in [0.15, 0.2) is 9.84 Å². The first kappa shape index (κ1) is 14.8. The van der Waals surface area contributed by atoms with E-state index in [0.717, 1.165) is 11.1 Å². The minimum Gasteiger partial charge on any atom is -0.398 e. The van der Waals surface area contributed by atoms with Crippen molar-refractivity contribution in [2.75, 3.05) is 23.8 Å². The van der Waals surface area contributed by atoms with E-state index in [1.165, 1.54) is 4.31 Å². The Hall–Kier alpha value is -1.12. The summed E-state index contributed by atoms with van der Waals surface area (Å²) in [5.74, 6) is -0.288. The zero-order chi connectivity index (χ0) is 15.3. The molecule has 0 radical (unpaired) electrons. The second-order valence-electron chi connectivity index (χ2n) is 5.64. The molecule has 0 amide bonds. The molecule has 8 heteroatoms. The Kier molecular flexibility index (Phi) is 3.50. The van der Waals surface area contributed by atoms with Gasteiger partial charge in [0.2, 0.25) is 10.0 Å². The molecule has 0 aromatic heterocycles. The molecule has 1 fully saturated rings. The van der Waals surface area contributed by atoms with Crippen molar-refractivity contribution in [2.24, 2.45) is 0 Å². The molecule has 2 aliphatic heterocycles. The number of nitrogens with zero attached hydrogens (tertiary/aromatic N) is 1. The summed E-state index contributed by atoms with van der Waals surface area (Å²) in [6.07, 6.45) is 0.770. The van der Waals surface area contributed by atoms with Gasteiger partial charge in [0.1, 0.15) is 0 Å². The first-order valence-corrected chi connectivity index (χ1v) is 10.2. The van der Waals surface area contributed by atoms with Gasteiger partial charge in [-0.25, -0.2) is 16.8 Å². The van der Waals surface area contributed by atoms with Crippen molar-refractivity contribution < 1.29 is 16.8 Å². The predicted octanol–water partition coefficient (Wildman–Crippen LogP) is 0.144. The van der Waals surface area contributed by atoms with Crippen LogP contribution >= 0.6 is 0 Å². The van der Waals surface area contributed by atoms with Crippen molar-refractivity contribution in [3.63, 3.8) is 0 Å². The van der Waals surface area contributed by atoms with Crippen LogP contribution < -0.4 is 5.73 Å². The van der Waals surface area contributed by atoms with E-state index >= 15 is 0 Å². The van der Waals surface area contributed by atoms with E-state index in [9.17, 15) is 16.8 Å². The number of sulfonamides is 1. The van der Waals surface area contributed by atoms with Crippen LogP contribution in [0.2, 0.25) is 0 Å². The van der Waals surface area contributed by atoms with Gasteiger partial charge in [-0.1, -0.05) is 12.1 Å². The Labute approximate surface area is 124 Å². The Morgan fingerprint density at radius 3 is 2.71 bits per heavy atom. The smallest absolute Gasteiger partial charge is 0.218 e. The zero-order valence-electron chi connectivity index (χ0n) is 11.5. The molecule has 1 aromatic rings. The van der Waals surface area contributed by atoms with Crippen LogP contribution in [0.25, 0.3) is 0 Å². The summed E-state index contributed by atoms with van der Waals surface area (Å²) in [6.45, 7) is 0.638. The molecule has 0 spiro atoms. The van der Waals surface area contributed by atoms with E-state index in [0.29, 0.717) is 18.7 Å². The van der Waals surface area contributed by atoms with Crippen LogP contribution in [-0.2, 0) is 32.8 Å². The van der Waals surface area contributed by atoms with Crippen molar-refractivity contribution in [3.8, 4) is 0 Å². The van der Waals surface area contributed by atoms with Crippen molar-refractivity contribution in [3.05, 3.63) is 29.3 Å². The zero-order valence-corrected chi connectivity index (χ0v) is 13.2. The number of hydrogen-bond donors (Lipinski definition) is 1. The van der Waals surface area contributed by atoms with Crippen molar-refractivity contribution >= 4 is 25.5 Å². The number of sulfone groups is 1. The van der Waals surface area contributed by atoms with Crippen molar-refractivity contribution in [1.29, 1.82) is 0 Å². The average molecular weight is 330 g/mol. The monoisotopic (exact) mass is 330 g/mol. The highest BCUT2D eigenvalue weighted by molar-refractivity contribution is 7.95. The molecule has 0 bridgehead atoms. The molecule has 0 aliphatic carbocycles. The standard InChI is InChI=1S/C13H18N2O4S2/c14-13-3-1-2-10-8-15(6-4-12(10)13)21(18,19)11-5-7-20(16,17)9-11/h1-3,11H,4-9,14H2. The summed E-state index contributed by atoms with van der Waals surface area (Å²) in [5, 5.41) is -0.801. The number of nitrogen functional groups attached to an aromatic ring is 1. The highest BCUT2D eigenvalue weighted by atomic mass is 32.2. The molecular formula is C13H18N2O4S2. The number of benzene rings is 1. The van der Waals surface area contributed by atoms with Gasteiger partial charge in [-0.2, -0.15) is 4.31 Å². The summed E-state index contributed by atoms with van der Waals surface area (Å²) >= 11 is 0. The number of hydrogen-bond acceptors (Lipinski definition) is 5. The normalized spacial score (nSPS) is 25.6. The molecule has 21 heavy (non-hydrogen) atoms. The molecule has 2 aliphatic rings. The van der Waals surface area contributed by atoms with Crippen LogP contribution in [0.4, 0.5) is 5.69 Å². The van der Waals surface area contributed by atoms with E-state index in [4.69, 9.17) is 5.73 Å². The molecule has 3 rings (SSSR count). The van der Waals surface area contributed by atoms with Crippen LogP contribution in [0.1, 0.15) is 17.5 Å². The minimum absolute atomic E-state index is 0.0335. The third kappa shape index (κ3) is 2.67. The highest BCUT2D eigenvalue weighted by Crippen LogP contribution is 2.29. The molecule has 1 saturated heterocycles. The fourth-order valence-corrected chi connectivity index (χ4v) is 7.54. The Morgan fingerprint density at radius 2 is 2.05 bits per heavy atom. The van der Waals surface area contributed by atoms with E-state index in [1.54, 1.807) is 0 Å². The molecule has 6 nitrogen and oxygen atoms in total. The Morgan fingerprint density at radius 1 is 1.29 bits per heavy atom. The number of nitrogens with two attached hydrogens (primary N) is 1. The highest BCUT2D eigenvalue weighted by Gasteiger charge is 2.41. The van der Waals surface area contributed by atoms with Gasteiger partial charge in [-0.15, -0.1) is 0 Å². The largest absolute Gasteiger partial charge is 0.398 e. The first-order chi connectivity index (χ1) is 9.79. The van der Waals surface area contributed by atoms with E-state index in [1.807, 2.05) is 18.2 Å². The lowest BCUT2D eigenvalue weighted by atomic mass is 9.99. The summed E-state index contributed by atoms with van der Waals surface area (Å²) in [7, 11) is -6.79. The van der Waals surface area contributed by atoms with Crippen LogP contribution in [0.15, 0.2) is 18.2 Å². The molecule has 1 atom stereocenters. The average Bonchev–Trinajstić information content (AvgIpc) is 2.80. The second kappa shape index (κ2) is 4.96. The van der Waals surface area contributed by atoms with Gasteiger partial charge in [0.25, 0.3) is 0 Å². The summed E-state index contributed by atoms with van der Waals surface area (Å²) in [5.41, 5.74) is 8.51. The molecule has 1 aromatic carbocycles. The molecule has 1 unspecified atom stereocenters. The van der Waals surface area contributed by atoms with Gasteiger partial charge >= 0.3 is 0 Å². The maximum atomic E-state index is 12.6. The van der Waals surface area contributed by atoms with Gasteiger partial charge in [-0.3, -0.25) is 0 Å². The molecule has 2 N–H and O–H groups in total. The van der Waals surface area contributed by atoms with Crippen LogP contribution in [0.5, 0.6) is 0 Å². The van der Waals surface area contributed by atoms with Gasteiger partial charge in [0.05, 0.1) is 16.8 Å². The van der Waals surface area contributed by atoms with Crippen LogP contribution in [0, 0.1) is 0 Å². The summed E-state index contributed by atoms with van der Waals surface area (Å²) < 4.78 is 49.6. The topological polar surface area (TPSA) is 97.5 Å². The Bertz CT molecular complexity index is 771. The van der Waals surface area contributed by atoms with E-state index < -0.39 is 25.1 Å². The quantitative estimate of drug-likeness (QED) is 0.778. The lowest BCUT2D eigenvalue weighted by Gasteiger charge is -2.30. The molecule has 116 valence electrons. The number of fused-ring (bicyclic) bond motifs is 1. The van der Waals surface area contributed by atoms with E-state index in [-0.39, 0.29) is 24.5 Å². The fourth-order valence-electron chi connectivity index (χ4n) is 3.04. The maximum Gasteiger partial charge on any atom is 0.218 e. The van der Waals surface area contributed by atoms with Crippen LogP contribution in [-0.4, -0.2) is 44.4 Å². The SMILES string of the molecule is Nc1cccc2c1CCN(S(=O)(=O)C1CCS(=O)(=O)C1)C2. The van der Waals surface area contributed by atoms with Gasteiger partial charge < -0.3 is 5.73 Å². The maximum absolute atomic E-state index is 12.6. The summed E-state index contributed by atoms with van der Waals surface area (Å²) in [6, 6.07) is 5.50. The molecular weight excluding hydrogens is 312 g/mol. The molecule has 2 heterocycles. The lowest BCUT2D eigenvalue weighted by Crippen LogP contribution is -2.42. The third-order valence-corrected chi connectivity index (χ3v) is 8.49. The fraction of sp³-hybridized carbons (Fsp3) is 0.538. The molecule has 0 saturated carbocycles. The van der Waals surface area contributed by atoms with Crippen molar-refractivity contribution in [1.82, 2.24) is 4.31 Å². The third-order valence-electron chi connectivity index (χ3n) is 4.24. The lowest BCUT2D eigenvalue weighted by molar-refractivity contribution is 0.386. The Balaban J connectivity index is 1.86. The van der Waals surface area contributed by atoms with Gasteiger partial charge in [0, 0.05) is 18.8 Å². The van der Waals surface area contributed by atoms with Crippen LogP contribution in [0.3, 0.4) is 0 Å². The van der Waals surface area contributed by atoms with Gasteiger partial charge in [-0.05, 0) is 30.0 Å².